The van der Waals surface area contributed by atoms with Crippen molar-refractivity contribution in [1.29, 1.82) is 0 Å². The van der Waals surface area contributed by atoms with E-state index in [4.69, 9.17) is 16.3 Å². The fraction of sp³-hybridized carbons (Fsp3) is 0.381. The van der Waals surface area contributed by atoms with Crippen LogP contribution in [0.5, 0.6) is 5.75 Å². The van der Waals surface area contributed by atoms with Crippen LogP contribution < -0.4 is 14.8 Å². The SMILES string of the molecule is O=C(CN1CCC(NS(=O)(=O)c2ccc(Cl)cc2)CC1)NCCOc1ccccc1. The monoisotopic (exact) mass is 451 g/mol. The molecule has 1 aliphatic heterocycles. The normalized spacial score (nSPS) is 15.6. The van der Waals surface area contributed by atoms with E-state index in [0.29, 0.717) is 50.7 Å². The molecular weight excluding hydrogens is 426 g/mol. The predicted octanol–water partition coefficient (Wildman–Crippen LogP) is 2.28. The van der Waals surface area contributed by atoms with E-state index in [-0.39, 0.29) is 16.8 Å². The highest BCUT2D eigenvalue weighted by atomic mass is 35.5. The molecule has 9 heteroatoms. The van der Waals surface area contributed by atoms with Crippen molar-refractivity contribution in [2.45, 2.75) is 23.8 Å². The van der Waals surface area contributed by atoms with Gasteiger partial charge in [0.2, 0.25) is 15.9 Å². The number of para-hydroxylation sites is 1. The van der Waals surface area contributed by atoms with Crippen LogP contribution in [-0.4, -0.2) is 58.1 Å². The Morgan fingerprint density at radius 1 is 1.07 bits per heavy atom. The lowest BCUT2D eigenvalue weighted by atomic mass is 10.1. The first kappa shape index (κ1) is 22.6. The standard InChI is InChI=1S/C21H26ClN3O4S/c22-17-6-8-20(9-7-17)30(27,28)24-18-10-13-25(14-11-18)16-21(26)23-12-15-29-19-4-2-1-3-5-19/h1-9,18,24H,10-16H2,(H,23,26). The lowest BCUT2D eigenvalue weighted by Crippen LogP contribution is -2.47. The van der Waals surface area contributed by atoms with Crippen molar-refractivity contribution in [3.8, 4) is 5.75 Å². The van der Waals surface area contributed by atoms with Gasteiger partial charge in [-0.25, -0.2) is 13.1 Å². The van der Waals surface area contributed by atoms with Gasteiger partial charge in [0.05, 0.1) is 18.0 Å². The Balaban J connectivity index is 1.35. The smallest absolute Gasteiger partial charge is 0.240 e. The van der Waals surface area contributed by atoms with Crippen LogP contribution >= 0.6 is 11.6 Å². The molecule has 1 aliphatic rings. The minimum atomic E-state index is -3.58. The van der Waals surface area contributed by atoms with E-state index in [1.165, 1.54) is 12.1 Å². The summed E-state index contributed by atoms with van der Waals surface area (Å²) in [6.45, 7) is 2.45. The molecule has 0 unspecified atom stereocenters. The summed E-state index contributed by atoms with van der Waals surface area (Å²) in [5.41, 5.74) is 0. The lowest BCUT2D eigenvalue weighted by Gasteiger charge is -2.31. The number of likely N-dealkylation sites (tertiary alicyclic amines) is 1. The van der Waals surface area contributed by atoms with Gasteiger partial charge in [-0.1, -0.05) is 29.8 Å². The van der Waals surface area contributed by atoms with Crippen LogP contribution in [0.1, 0.15) is 12.8 Å². The van der Waals surface area contributed by atoms with Crippen molar-refractivity contribution < 1.29 is 17.9 Å². The van der Waals surface area contributed by atoms with Gasteiger partial charge in [0, 0.05) is 24.2 Å². The maximum Gasteiger partial charge on any atom is 0.240 e. The summed E-state index contributed by atoms with van der Waals surface area (Å²) in [6, 6.07) is 15.4. The summed E-state index contributed by atoms with van der Waals surface area (Å²) < 4.78 is 33.2. The molecule has 3 rings (SSSR count). The molecule has 162 valence electrons. The maximum atomic E-state index is 12.5. The number of benzene rings is 2. The van der Waals surface area contributed by atoms with Crippen molar-refractivity contribution in [3.63, 3.8) is 0 Å². The molecule has 0 spiro atoms. The highest BCUT2D eigenvalue weighted by Crippen LogP contribution is 2.17. The van der Waals surface area contributed by atoms with Crippen LogP contribution in [0.4, 0.5) is 0 Å². The minimum Gasteiger partial charge on any atom is -0.492 e. The van der Waals surface area contributed by atoms with Gasteiger partial charge >= 0.3 is 0 Å². The molecule has 2 aromatic rings. The maximum absolute atomic E-state index is 12.5. The summed E-state index contributed by atoms with van der Waals surface area (Å²) in [5.74, 6) is 0.710. The molecule has 1 heterocycles. The Kier molecular flexibility index (Phi) is 8.09. The fourth-order valence-electron chi connectivity index (χ4n) is 3.25. The Bertz CT molecular complexity index is 915. The van der Waals surface area contributed by atoms with E-state index in [0.717, 1.165) is 5.75 Å². The molecule has 1 fully saturated rings. The summed E-state index contributed by atoms with van der Waals surface area (Å²) in [4.78, 5) is 14.3. The van der Waals surface area contributed by atoms with Crippen LogP contribution in [0.15, 0.2) is 59.5 Å². The van der Waals surface area contributed by atoms with Gasteiger partial charge in [-0.05, 0) is 49.2 Å². The third-order valence-electron chi connectivity index (χ3n) is 4.84. The first-order valence-electron chi connectivity index (χ1n) is 9.87. The summed E-state index contributed by atoms with van der Waals surface area (Å²) in [7, 11) is -3.58. The fourth-order valence-corrected chi connectivity index (χ4v) is 4.68. The van der Waals surface area contributed by atoms with Crippen molar-refractivity contribution in [2.24, 2.45) is 0 Å². The van der Waals surface area contributed by atoms with Gasteiger partial charge in [-0.3, -0.25) is 9.69 Å². The number of sulfonamides is 1. The van der Waals surface area contributed by atoms with Crippen LogP contribution in [0.25, 0.3) is 0 Å². The first-order chi connectivity index (χ1) is 14.4. The number of hydrogen-bond acceptors (Lipinski definition) is 5. The van der Waals surface area contributed by atoms with Crippen molar-refractivity contribution in [3.05, 3.63) is 59.6 Å². The molecule has 0 aromatic heterocycles. The quantitative estimate of drug-likeness (QED) is 0.571. The number of nitrogens with one attached hydrogen (secondary N) is 2. The van der Waals surface area contributed by atoms with E-state index in [1.807, 2.05) is 35.2 Å². The molecule has 0 radical (unpaired) electrons. The number of ether oxygens (including phenoxy) is 1. The van der Waals surface area contributed by atoms with E-state index >= 15 is 0 Å². The highest BCUT2D eigenvalue weighted by Gasteiger charge is 2.25. The molecular formula is C21H26ClN3O4S. The van der Waals surface area contributed by atoms with Gasteiger partial charge in [0.25, 0.3) is 0 Å². The van der Waals surface area contributed by atoms with Crippen molar-refractivity contribution in [2.75, 3.05) is 32.8 Å². The molecule has 0 saturated carbocycles. The summed E-state index contributed by atoms with van der Waals surface area (Å²) in [5, 5.41) is 3.34. The third kappa shape index (κ3) is 6.98. The first-order valence-corrected chi connectivity index (χ1v) is 11.7. The zero-order chi connectivity index (χ0) is 21.4. The molecule has 30 heavy (non-hydrogen) atoms. The topological polar surface area (TPSA) is 87.7 Å². The number of hydrogen-bond donors (Lipinski definition) is 2. The highest BCUT2D eigenvalue weighted by molar-refractivity contribution is 7.89. The largest absolute Gasteiger partial charge is 0.492 e. The number of rotatable bonds is 9. The average Bonchev–Trinajstić information content (AvgIpc) is 2.73. The summed E-state index contributed by atoms with van der Waals surface area (Å²) in [6.07, 6.45) is 1.30. The molecule has 0 bridgehead atoms. The van der Waals surface area contributed by atoms with Crippen LogP contribution in [-0.2, 0) is 14.8 Å². The van der Waals surface area contributed by atoms with Gasteiger partial charge in [0.15, 0.2) is 0 Å². The van der Waals surface area contributed by atoms with E-state index in [2.05, 4.69) is 10.0 Å². The van der Waals surface area contributed by atoms with Crippen LogP contribution in [0.2, 0.25) is 5.02 Å². The second-order valence-corrected chi connectivity index (χ2v) is 9.29. The number of piperidine rings is 1. The third-order valence-corrected chi connectivity index (χ3v) is 6.63. The van der Waals surface area contributed by atoms with E-state index in [9.17, 15) is 13.2 Å². The minimum absolute atomic E-state index is 0.0631. The number of amides is 1. The van der Waals surface area contributed by atoms with Crippen LogP contribution in [0.3, 0.4) is 0 Å². The van der Waals surface area contributed by atoms with Crippen molar-refractivity contribution >= 4 is 27.5 Å². The molecule has 2 N–H and O–H groups in total. The van der Waals surface area contributed by atoms with Gasteiger partial charge < -0.3 is 10.1 Å². The number of halogens is 1. The molecule has 7 nitrogen and oxygen atoms in total. The Morgan fingerprint density at radius 3 is 2.40 bits per heavy atom. The van der Waals surface area contributed by atoms with E-state index in [1.54, 1.807) is 12.1 Å². The molecule has 2 aromatic carbocycles. The lowest BCUT2D eigenvalue weighted by molar-refractivity contribution is -0.122. The zero-order valence-corrected chi connectivity index (χ0v) is 18.2. The molecule has 0 atom stereocenters. The number of carbonyl (C=O) groups excluding carboxylic acids is 1. The second kappa shape index (κ2) is 10.8. The van der Waals surface area contributed by atoms with E-state index < -0.39 is 10.0 Å². The van der Waals surface area contributed by atoms with Gasteiger partial charge in [-0.2, -0.15) is 0 Å². The Hall–Kier alpha value is -2.13. The van der Waals surface area contributed by atoms with Gasteiger partial charge in [0.1, 0.15) is 12.4 Å². The zero-order valence-electron chi connectivity index (χ0n) is 16.6. The second-order valence-electron chi connectivity index (χ2n) is 7.14. The Labute approximate surface area is 182 Å². The summed E-state index contributed by atoms with van der Waals surface area (Å²) >= 11 is 5.82. The average molecular weight is 452 g/mol. The molecule has 0 aliphatic carbocycles. The van der Waals surface area contributed by atoms with Crippen LogP contribution in [0, 0.1) is 0 Å². The molecule has 1 saturated heterocycles. The predicted molar refractivity (Wildman–Crippen MR) is 116 cm³/mol. The number of carbonyl (C=O) groups is 1. The van der Waals surface area contributed by atoms with Crippen molar-refractivity contribution in [1.82, 2.24) is 14.9 Å². The number of nitrogens with zero attached hydrogens (tertiary/aromatic N) is 1. The van der Waals surface area contributed by atoms with Gasteiger partial charge in [-0.15, -0.1) is 0 Å². The molecule has 1 amide bonds. The Morgan fingerprint density at radius 2 is 1.73 bits per heavy atom.